The molecular weight excluding hydrogens is 258 g/mol. The van der Waals surface area contributed by atoms with Gasteiger partial charge in [0.05, 0.1) is 19.7 Å². The van der Waals surface area contributed by atoms with Gasteiger partial charge in [0.1, 0.15) is 12.2 Å². The average Bonchev–Trinajstić information content (AvgIpc) is 2.70. The highest BCUT2D eigenvalue weighted by molar-refractivity contribution is 6.15. The number of rotatable bonds is 4. The van der Waals surface area contributed by atoms with Gasteiger partial charge in [0.25, 0.3) is 0 Å². The van der Waals surface area contributed by atoms with E-state index in [-0.39, 0.29) is 12.2 Å². The zero-order chi connectivity index (χ0) is 14.9. The fourth-order valence-electron chi connectivity index (χ4n) is 2.41. The fraction of sp³-hybridized carbons (Fsp3) is 0.333. The van der Waals surface area contributed by atoms with Gasteiger partial charge >= 0.3 is 5.97 Å². The lowest BCUT2D eigenvalue weighted by Gasteiger charge is -2.04. The SMILES string of the molecule is COC(=O)CC(=O)c1c(C)n(C)c2c(OC)cccc12. The van der Waals surface area contributed by atoms with Crippen molar-refractivity contribution in [2.45, 2.75) is 13.3 Å². The minimum atomic E-state index is -0.533. The molecule has 5 nitrogen and oxygen atoms in total. The van der Waals surface area contributed by atoms with E-state index < -0.39 is 5.97 Å². The zero-order valence-electron chi connectivity index (χ0n) is 12.0. The van der Waals surface area contributed by atoms with Crippen LogP contribution in [-0.2, 0) is 16.6 Å². The lowest BCUT2D eigenvalue weighted by atomic mass is 10.0. The summed E-state index contributed by atoms with van der Waals surface area (Å²) in [4.78, 5) is 23.6. The number of carbonyl (C=O) groups is 2. The third-order valence-corrected chi connectivity index (χ3v) is 3.50. The standard InChI is InChI=1S/C15H17NO4/c1-9-14(11(17)8-13(18)20-4)10-6-5-7-12(19-3)15(10)16(9)2/h5-7H,8H2,1-4H3. The van der Waals surface area contributed by atoms with E-state index in [0.29, 0.717) is 11.3 Å². The Kier molecular flexibility index (Phi) is 3.79. The number of methoxy groups -OCH3 is 2. The molecule has 0 fully saturated rings. The minimum Gasteiger partial charge on any atom is -0.495 e. The van der Waals surface area contributed by atoms with Crippen LogP contribution in [-0.4, -0.2) is 30.5 Å². The van der Waals surface area contributed by atoms with E-state index in [1.807, 2.05) is 36.7 Å². The van der Waals surface area contributed by atoms with E-state index in [2.05, 4.69) is 4.74 Å². The second-order valence-electron chi connectivity index (χ2n) is 4.55. The van der Waals surface area contributed by atoms with E-state index in [1.54, 1.807) is 7.11 Å². The summed E-state index contributed by atoms with van der Waals surface area (Å²) in [5.41, 5.74) is 2.20. The number of esters is 1. The Morgan fingerprint density at radius 1 is 1.25 bits per heavy atom. The topological polar surface area (TPSA) is 57.5 Å². The van der Waals surface area contributed by atoms with Crippen LogP contribution < -0.4 is 4.74 Å². The summed E-state index contributed by atoms with van der Waals surface area (Å²) in [6, 6.07) is 5.53. The van der Waals surface area contributed by atoms with Crippen molar-refractivity contribution in [3.05, 3.63) is 29.5 Å². The van der Waals surface area contributed by atoms with Crippen molar-refractivity contribution in [3.8, 4) is 5.75 Å². The average molecular weight is 275 g/mol. The van der Waals surface area contributed by atoms with Crippen molar-refractivity contribution in [1.29, 1.82) is 0 Å². The van der Waals surface area contributed by atoms with Crippen LogP contribution in [0.3, 0.4) is 0 Å². The minimum absolute atomic E-state index is 0.242. The van der Waals surface area contributed by atoms with Gasteiger partial charge in [-0.2, -0.15) is 0 Å². The normalized spacial score (nSPS) is 10.6. The van der Waals surface area contributed by atoms with Crippen LogP contribution in [0.1, 0.15) is 22.5 Å². The molecular formula is C15H17NO4. The summed E-state index contributed by atoms with van der Waals surface area (Å²) in [7, 11) is 4.73. The summed E-state index contributed by atoms with van der Waals surface area (Å²) in [5, 5.41) is 0.790. The van der Waals surface area contributed by atoms with Gasteiger partial charge < -0.3 is 14.0 Å². The summed E-state index contributed by atoms with van der Waals surface area (Å²) >= 11 is 0. The van der Waals surface area contributed by atoms with Crippen LogP contribution in [0.2, 0.25) is 0 Å². The molecule has 0 aliphatic rings. The molecule has 0 aliphatic carbocycles. The van der Waals surface area contributed by atoms with Crippen molar-refractivity contribution in [3.63, 3.8) is 0 Å². The van der Waals surface area contributed by atoms with Crippen molar-refractivity contribution in [2.24, 2.45) is 7.05 Å². The van der Waals surface area contributed by atoms with E-state index in [4.69, 9.17) is 4.74 Å². The number of ether oxygens (including phenoxy) is 2. The van der Waals surface area contributed by atoms with Crippen molar-refractivity contribution < 1.29 is 19.1 Å². The predicted molar refractivity (Wildman–Crippen MR) is 75.2 cm³/mol. The first-order valence-corrected chi connectivity index (χ1v) is 6.23. The number of hydrogen-bond acceptors (Lipinski definition) is 4. The summed E-state index contributed by atoms with van der Waals surface area (Å²) in [5.74, 6) is -0.0762. The van der Waals surface area contributed by atoms with Crippen LogP contribution in [0, 0.1) is 6.92 Å². The number of Topliss-reactive ketones (excluding diaryl/α,β-unsaturated/α-hetero) is 1. The van der Waals surface area contributed by atoms with E-state index in [1.165, 1.54) is 7.11 Å². The maximum Gasteiger partial charge on any atom is 0.313 e. The number of carbonyl (C=O) groups excluding carboxylic acids is 2. The van der Waals surface area contributed by atoms with Crippen molar-refractivity contribution in [2.75, 3.05) is 14.2 Å². The van der Waals surface area contributed by atoms with Gasteiger partial charge in [-0.05, 0) is 13.0 Å². The predicted octanol–water partition coefficient (Wildman–Crippen LogP) is 2.24. The third kappa shape index (κ3) is 2.15. The Bertz CT molecular complexity index is 685. The molecule has 0 unspecified atom stereocenters. The zero-order valence-corrected chi connectivity index (χ0v) is 12.0. The molecule has 1 aromatic heterocycles. The number of fused-ring (bicyclic) bond motifs is 1. The second-order valence-corrected chi connectivity index (χ2v) is 4.55. The van der Waals surface area contributed by atoms with Crippen LogP contribution >= 0.6 is 0 Å². The molecule has 0 N–H and O–H groups in total. The van der Waals surface area contributed by atoms with Gasteiger partial charge in [-0.15, -0.1) is 0 Å². The Balaban J connectivity index is 2.62. The molecule has 1 aromatic carbocycles. The van der Waals surface area contributed by atoms with Crippen LogP contribution in [0.15, 0.2) is 18.2 Å². The quantitative estimate of drug-likeness (QED) is 0.488. The number of aryl methyl sites for hydroxylation is 1. The molecule has 1 heterocycles. The largest absolute Gasteiger partial charge is 0.495 e. The third-order valence-electron chi connectivity index (χ3n) is 3.50. The van der Waals surface area contributed by atoms with E-state index in [9.17, 15) is 9.59 Å². The second kappa shape index (κ2) is 5.36. The molecule has 2 rings (SSSR count). The van der Waals surface area contributed by atoms with E-state index >= 15 is 0 Å². The molecule has 0 radical (unpaired) electrons. The Morgan fingerprint density at radius 2 is 1.95 bits per heavy atom. The highest BCUT2D eigenvalue weighted by Crippen LogP contribution is 2.32. The fourth-order valence-corrected chi connectivity index (χ4v) is 2.41. The van der Waals surface area contributed by atoms with Gasteiger partial charge in [-0.3, -0.25) is 9.59 Å². The Morgan fingerprint density at radius 3 is 2.55 bits per heavy atom. The summed E-state index contributed by atoms with van der Waals surface area (Å²) in [6.07, 6.45) is -0.256. The number of nitrogens with zero attached hydrogens (tertiary/aromatic N) is 1. The highest BCUT2D eigenvalue weighted by Gasteiger charge is 2.22. The molecule has 0 amide bonds. The molecule has 0 atom stereocenters. The molecule has 2 aromatic rings. The molecule has 106 valence electrons. The van der Waals surface area contributed by atoms with Gasteiger partial charge in [-0.1, -0.05) is 12.1 Å². The summed E-state index contributed by atoms with van der Waals surface area (Å²) < 4.78 is 11.8. The van der Waals surface area contributed by atoms with Crippen molar-refractivity contribution >= 4 is 22.7 Å². The number of aromatic nitrogens is 1. The van der Waals surface area contributed by atoms with Crippen molar-refractivity contribution in [1.82, 2.24) is 4.57 Å². The summed E-state index contributed by atoms with van der Waals surface area (Å²) in [6.45, 7) is 1.85. The number of hydrogen-bond donors (Lipinski definition) is 0. The maximum absolute atomic E-state index is 12.3. The maximum atomic E-state index is 12.3. The first-order valence-electron chi connectivity index (χ1n) is 6.23. The van der Waals surface area contributed by atoms with Gasteiger partial charge in [0.15, 0.2) is 5.78 Å². The van der Waals surface area contributed by atoms with Gasteiger partial charge in [0.2, 0.25) is 0 Å². The smallest absolute Gasteiger partial charge is 0.313 e. The molecule has 20 heavy (non-hydrogen) atoms. The molecule has 0 spiro atoms. The highest BCUT2D eigenvalue weighted by atomic mass is 16.5. The lowest BCUT2D eigenvalue weighted by Crippen LogP contribution is -2.10. The molecule has 0 saturated carbocycles. The first kappa shape index (κ1) is 14.1. The molecule has 0 aliphatic heterocycles. The van der Waals surface area contributed by atoms with Gasteiger partial charge in [0, 0.05) is 23.7 Å². The Hall–Kier alpha value is -2.30. The number of benzene rings is 1. The first-order chi connectivity index (χ1) is 9.51. The molecule has 0 bridgehead atoms. The van der Waals surface area contributed by atoms with Crippen LogP contribution in [0.25, 0.3) is 10.9 Å². The number of ketones is 1. The molecule has 5 heteroatoms. The molecule has 0 saturated heterocycles. The Labute approximate surface area is 117 Å². The van der Waals surface area contributed by atoms with Crippen LogP contribution in [0.5, 0.6) is 5.75 Å². The van der Waals surface area contributed by atoms with Crippen LogP contribution in [0.4, 0.5) is 0 Å². The van der Waals surface area contributed by atoms with E-state index in [0.717, 1.165) is 16.6 Å². The monoisotopic (exact) mass is 275 g/mol. The lowest BCUT2D eigenvalue weighted by molar-refractivity contribution is -0.139. The van der Waals surface area contributed by atoms with Gasteiger partial charge in [-0.25, -0.2) is 0 Å². The number of para-hydroxylation sites is 1.